The Morgan fingerprint density at radius 3 is 2.13 bits per heavy atom. The molecule has 0 atom stereocenters. The van der Waals surface area contributed by atoms with Gasteiger partial charge in [-0.05, 0) is 34.9 Å². The molecule has 0 saturated carbocycles. The van der Waals surface area contributed by atoms with Gasteiger partial charge in [-0.25, -0.2) is 0 Å². The molecule has 3 aromatic carbocycles. The standard InChI is InChI=1S/C21H19NO/c1-23-18-12-13-19(21(22)15-18)20(17-10-6-3-7-11-17)14-16-8-4-2-5-9-16/h2-15H,22H2,1H3/b20-14+. The van der Waals surface area contributed by atoms with E-state index in [2.05, 4.69) is 30.3 Å². The molecular formula is C21H19NO. The second-order valence-electron chi connectivity index (χ2n) is 5.29. The fourth-order valence-corrected chi connectivity index (χ4v) is 2.56. The van der Waals surface area contributed by atoms with E-state index in [-0.39, 0.29) is 0 Å². The molecule has 0 heterocycles. The zero-order valence-electron chi connectivity index (χ0n) is 13.1. The molecule has 0 fully saturated rings. The molecule has 0 spiro atoms. The summed E-state index contributed by atoms with van der Waals surface area (Å²) in [4.78, 5) is 0. The summed E-state index contributed by atoms with van der Waals surface area (Å²) in [5.41, 5.74) is 11.3. The molecule has 0 aromatic heterocycles. The van der Waals surface area contributed by atoms with Crippen LogP contribution in [0.15, 0.2) is 78.9 Å². The van der Waals surface area contributed by atoms with E-state index in [0.29, 0.717) is 5.69 Å². The Bertz CT molecular complexity index is 808. The Morgan fingerprint density at radius 2 is 1.52 bits per heavy atom. The smallest absolute Gasteiger partial charge is 0.120 e. The number of ether oxygens (including phenoxy) is 1. The van der Waals surface area contributed by atoms with E-state index in [1.54, 1.807) is 7.11 Å². The monoisotopic (exact) mass is 301 g/mol. The summed E-state index contributed by atoms with van der Waals surface area (Å²) >= 11 is 0. The van der Waals surface area contributed by atoms with E-state index in [1.165, 1.54) is 0 Å². The molecule has 0 radical (unpaired) electrons. The van der Waals surface area contributed by atoms with Gasteiger partial charge in [-0.3, -0.25) is 0 Å². The molecule has 0 unspecified atom stereocenters. The fraction of sp³-hybridized carbons (Fsp3) is 0.0476. The lowest BCUT2D eigenvalue weighted by Gasteiger charge is -2.13. The third kappa shape index (κ3) is 3.43. The third-order valence-electron chi connectivity index (χ3n) is 3.74. The first-order chi connectivity index (χ1) is 11.3. The van der Waals surface area contributed by atoms with Crippen molar-refractivity contribution in [3.8, 4) is 5.75 Å². The van der Waals surface area contributed by atoms with Gasteiger partial charge in [0.1, 0.15) is 5.75 Å². The first-order valence-electron chi connectivity index (χ1n) is 7.54. The van der Waals surface area contributed by atoms with Gasteiger partial charge in [-0.15, -0.1) is 0 Å². The van der Waals surface area contributed by atoms with Crippen molar-refractivity contribution in [1.29, 1.82) is 0 Å². The molecule has 2 N–H and O–H groups in total. The van der Waals surface area contributed by atoms with Crippen LogP contribution in [0.5, 0.6) is 5.75 Å². The molecule has 23 heavy (non-hydrogen) atoms. The highest BCUT2D eigenvalue weighted by atomic mass is 16.5. The lowest BCUT2D eigenvalue weighted by molar-refractivity contribution is 0.415. The minimum absolute atomic E-state index is 0.704. The van der Waals surface area contributed by atoms with Gasteiger partial charge in [0.15, 0.2) is 0 Å². The van der Waals surface area contributed by atoms with Crippen molar-refractivity contribution in [2.75, 3.05) is 12.8 Å². The van der Waals surface area contributed by atoms with Gasteiger partial charge in [0.05, 0.1) is 7.11 Å². The highest BCUT2D eigenvalue weighted by molar-refractivity contribution is 5.95. The molecule has 0 bridgehead atoms. The normalized spacial score (nSPS) is 11.3. The molecule has 3 rings (SSSR count). The lowest BCUT2D eigenvalue weighted by atomic mass is 9.94. The average molecular weight is 301 g/mol. The second-order valence-corrected chi connectivity index (χ2v) is 5.29. The first kappa shape index (κ1) is 14.9. The Labute approximate surface area is 136 Å². The van der Waals surface area contributed by atoms with Gasteiger partial charge in [-0.2, -0.15) is 0 Å². The largest absolute Gasteiger partial charge is 0.497 e. The van der Waals surface area contributed by atoms with E-state index >= 15 is 0 Å². The van der Waals surface area contributed by atoms with Crippen molar-refractivity contribution in [1.82, 2.24) is 0 Å². The van der Waals surface area contributed by atoms with Crippen LogP contribution in [0, 0.1) is 0 Å². The van der Waals surface area contributed by atoms with Gasteiger partial charge < -0.3 is 10.5 Å². The van der Waals surface area contributed by atoms with Crippen molar-refractivity contribution >= 4 is 17.3 Å². The molecule has 114 valence electrons. The number of methoxy groups -OCH3 is 1. The predicted octanol–water partition coefficient (Wildman–Crippen LogP) is 4.87. The predicted molar refractivity (Wildman–Crippen MR) is 97.3 cm³/mol. The number of nitrogens with two attached hydrogens (primary N) is 1. The summed E-state index contributed by atoms with van der Waals surface area (Å²) in [6.07, 6.45) is 2.16. The molecule has 2 heteroatoms. The van der Waals surface area contributed by atoms with Crippen LogP contribution in [-0.2, 0) is 0 Å². The first-order valence-corrected chi connectivity index (χ1v) is 7.54. The van der Waals surface area contributed by atoms with Crippen molar-refractivity contribution in [2.45, 2.75) is 0 Å². The molecule has 0 saturated heterocycles. The minimum Gasteiger partial charge on any atom is -0.497 e. The maximum Gasteiger partial charge on any atom is 0.120 e. The topological polar surface area (TPSA) is 35.2 Å². The zero-order chi connectivity index (χ0) is 16.1. The van der Waals surface area contributed by atoms with Gasteiger partial charge in [0, 0.05) is 17.3 Å². The maximum atomic E-state index is 6.27. The van der Waals surface area contributed by atoms with Gasteiger partial charge in [-0.1, -0.05) is 60.7 Å². The van der Waals surface area contributed by atoms with Crippen LogP contribution >= 0.6 is 0 Å². The molecule has 2 nitrogen and oxygen atoms in total. The Balaban J connectivity index is 2.15. The van der Waals surface area contributed by atoms with Crippen LogP contribution < -0.4 is 10.5 Å². The number of rotatable bonds is 4. The summed E-state index contributed by atoms with van der Waals surface area (Å²) in [5.74, 6) is 0.762. The Kier molecular flexibility index (Phi) is 4.44. The van der Waals surface area contributed by atoms with Crippen molar-refractivity contribution < 1.29 is 4.74 Å². The highest BCUT2D eigenvalue weighted by Gasteiger charge is 2.09. The van der Waals surface area contributed by atoms with Gasteiger partial charge in [0.2, 0.25) is 0 Å². The summed E-state index contributed by atoms with van der Waals surface area (Å²) in [6, 6.07) is 26.3. The fourth-order valence-electron chi connectivity index (χ4n) is 2.56. The highest BCUT2D eigenvalue weighted by Crippen LogP contribution is 2.32. The molecule has 0 aliphatic heterocycles. The summed E-state index contributed by atoms with van der Waals surface area (Å²) in [5, 5.41) is 0. The van der Waals surface area contributed by atoms with Crippen LogP contribution in [0.2, 0.25) is 0 Å². The van der Waals surface area contributed by atoms with E-state index < -0.39 is 0 Å². The lowest BCUT2D eigenvalue weighted by Crippen LogP contribution is -1.96. The van der Waals surface area contributed by atoms with E-state index in [9.17, 15) is 0 Å². The Hall–Kier alpha value is -3.00. The molecule has 0 amide bonds. The number of nitrogen functional groups attached to an aromatic ring is 1. The molecule has 0 aliphatic rings. The van der Waals surface area contributed by atoms with Crippen molar-refractivity contribution in [2.24, 2.45) is 0 Å². The summed E-state index contributed by atoms with van der Waals surface area (Å²) in [7, 11) is 1.65. The summed E-state index contributed by atoms with van der Waals surface area (Å²) in [6.45, 7) is 0. The van der Waals surface area contributed by atoms with Gasteiger partial charge in [0.25, 0.3) is 0 Å². The van der Waals surface area contributed by atoms with Crippen LogP contribution in [-0.4, -0.2) is 7.11 Å². The molecule has 0 aliphatic carbocycles. The minimum atomic E-state index is 0.704. The number of hydrogen-bond acceptors (Lipinski definition) is 2. The Morgan fingerprint density at radius 1 is 0.870 bits per heavy atom. The van der Waals surface area contributed by atoms with Gasteiger partial charge >= 0.3 is 0 Å². The second kappa shape index (κ2) is 6.84. The van der Waals surface area contributed by atoms with Crippen LogP contribution in [0.25, 0.3) is 11.6 Å². The molecule has 3 aromatic rings. The number of anilines is 1. The molecular weight excluding hydrogens is 282 g/mol. The summed E-state index contributed by atoms with van der Waals surface area (Å²) < 4.78 is 5.25. The SMILES string of the molecule is COc1ccc(/C(=C/c2ccccc2)c2ccccc2)c(N)c1. The van der Waals surface area contributed by atoms with E-state index in [4.69, 9.17) is 10.5 Å². The zero-order valence-corrected chi connectivity index (χ0v) is 13.1. The van der Waals surface area contributed by atoms with E-state index in [1.807, 2.05) is 54.6 Å². The third-order valence-corrected chi connectivity index (χ3v) is 3.74. The van der Waals surface area contributed by atoms with E-state index in [0.717, 1.165) is 28.0 Å². The van der Waals surface area contributed by atoms with Crippen LogP contribution in [0.1, 0.15) is 16.7 Å². The average Bonchev–Trinajstić information content (AvgIpc) is 2.61. The van der Waals surface area contributed by atoms with Crippen molar-refractivity contribution in [3.05, 3.63) is 95.6 Å². The quantitative estimate of drug-likeness (QED) is 0.551. The number of benzene rings is 3. The maximum absolute atomic E-state index is 6.27. The number of hydrogen-bond donors (Lipinski definition) is 1. The van der Waals surface area contributed by atoms with Crippen LogP contribution in [0.4, 0.5) is 5.69 Å². The van der Waals surface area contributed by atoms with Crippen molar-refractivity contribution in [3.63, 3.8) is 0 Å². The van der Waals surface area contributed by atoms with Crippen LogP contribution in [0.3, 0.4) is 0 Å².